The Labute approximate surface area is 98.6 Å². The first-order chi connectivity index (χ1) is 7.54. The molecule has 86 valence electrons. The molecule has 1 aromatic heterocycles. The van der Waals surface area contributed by atoms with Crippen LogP contribution in [0.3, 0.4) is 0 Å². The molecule has 0 aliphatic rings. The fraction of sp³-hybridized carbons (Fsp3) is 0.333. The van der Waals surface area contributed by atoms with Gasteiger partial charge >= 0.3 is 0 Å². The number of ether oxygens (including phenoxy) is 1. The summed E-state index contributed by atoms with van der Waals surface area (Å²) in [7, 11) is 1.56. The number of aliphatic hydroxyl groups is 1. The second-order valence-electron chi connectivity index (χ2n) is 3.76. The van der Waals surface area contributed by atoms with E-state index in [2.05, 4.69) is 0 Å². The number of aliphatic hydroxyl groups excluding tert-OH is 1. The van der Waals surface area contributed by atoms with Gasteiger partial charge < -0.3 is 14.3 Å². The molecule has 3 nitrogen and oxygen atoms in total. The van der Waals surface area contributed by atoms with Crippen molar-refractivity contribution in [1.82, 2.24) is 0 Å². The molecule has 0 aliphatic heterocycles. The van der Waals surface area contributed by atoms with Crippen LogP contribution in [-0.4, -0.2) is 12.2 Å². The second kappa shape index (κ2) is 4.00. The summed E-state index contributed by atoms with van der Waals surface area (Å²) in [6.45, 7) is 3.51. The first-order valence-electron chi connectivity index (χ1n) is 4.99. The molecule has 0 aliphatic carbocycles. The van der Waals surface area contributed by atoms with Crippen molar-refractivity contribution in [3.05, 3.63) is 28.5 Å². The van der Waals surface area contributed by atoms with E-state index in [1.54, 1.807) is 20.1 Å². The van der Waals surface area contributed by atoms with Crippen molar-refractivity contribution < 1.29 is 14.3 Å². The molecule has 1 N–H and O–H groups in total. The van der Waals surface area contributed by atoms with Crippen LogP contribution in [0.25, 0.3) is 11.0 Å². The zero-order valence-electron chi connectivity index (χ0n) is 9.37. The lowest BCUT2D eigenvalue weighted by molar-refractivity contribution is 0.199. The SMILES string of the molecule is COc1cc(C(C)O)c(Cl)c2cc(C)oc12. The minimum atomic E-state index is -0.638. The van der Waals surface area contributed by atoms with Crippen molar-refractivity contribution >= 4 is 22.6 Å². The predicted molar refractivity (Wildman–Crippen MR) is 63.1 cm³/mol. The molecule has 1 heterocycles. The van der Waals surface area contributed by atoms with Gasteiger partial charge in [-0.3, -0.25) is 0 Å². The topological polar surface area (TPSA) is 42.6 Å². The lowest BCUT2D eigenvalue weighted by atomic mass is 10.1. The molecular formula is C12H13ClO3. The molecule has 1 atom stereocenters. The third-order valence-electron chi connectivity index (χ3n) is 2.53. The van der Waals surface area contributed by atoms with Gasteiger partial charge in [0.25, 0.3) is 0 Å². The van der Waals surface area contributed by atoms with Gasteiger partial charge in [0.05, 0.1) is 18.2 Å². The maximum absolute atomic E-state index is 9.62. The largest absolute Gasteiger partial charge is 0.493 e. The summed E-state index contributed by atoms with van der Waals surface area (Å²) in [4.78, 5) is 0. The number of methoxy groups -OCH3 is 1. The van der Waals surface area contributed by atoms with Gasteiger partial charge in [-0.1, -0.05) is 11.6 Å². The van der Waals surface area contributed by atoms with Crippen LogP contribution < -0.4 is 4.74 Å². The van der Waals surface area contributed by atoms with Crippen molar-refractivity contribution in [3.8, 4) is 5.75 Å². The Balaban J connectivity index is 2.82. The molecule has 16 heavy (non-hydrogen) atoms. The van der Waals surface area contributed by atoms with E-state index in [4.69, 9.17) is 20.8 Å². The van der Waals surface area contributed by atoms with E-state index in [1.165, 1.54) is 0 Å². The summed E-state index contributed by atoms with van der Waals surface area (Å²) < 4.78 is 10.7. The van der Waals surface area contributed by atoms with Crippen molar-refractivity contribution in [2.45, 2.75) is 20.0 Å². The Hall–Kier alpha value is -1.19. The summed E-state index contributed by atoms with van der Waals surface area (Å²) >= 11 is 6.20. The normalized spacial score (nSPS) is 13.1. The monoisotopic (exact) mass is 240 g/mol. The van der Waals surface area contributed by atoms with Gasteiger partial charge in [0.2, 0.25) is 0 Å². The fourth-order valence-electron chi connectivity index (χ4n) is 1.74. The van der Waals surface area contributed by atoms with E-state index in [9.17, 15) is 5.11 Å². The summed E-state index contributed by atoms with van der Waals surface area (Å²) in [6.07, 6.45) is -0.638. The molecule has 2 aromatic rings. The van der Waals surface area contributed by atoms with E-state index in [-0.39, 0.29) is 0 Å². The summed E-state index contributed by atoms with van der Waals surface area (Å²) in [5.74, 6) is 1.35. The lowest BCUT2D eigenvalue weighted by Gasteiger charge is -2.10. The highest BCUT2D eigenvalue weighted by Gasteiger charge is 2.17. The molecule has 0 amide bonds. The van der Waals surface area contributed by atoms with Crippen LogP contribution in [0, 0.1) is 6.92 Å². The average Bonchev–Trinajstić information content (AvgIpc) is 2.60. The standard InChI is InChI=1S/C12H13ClO3/c1-6-4-9-11(13)8(7(2)14)5-10(15-3)12(9)16-6/h4-5,7,14H,1-3H3. The number of hydrogen-bond acceptors (Lipinski definition) is 3. The van der Waals surface area contributed by atoms with Crippen LogP contribution >= 0.6 is 11.6 Å². The molecule has 4 heteroatoms. The number of benzene rings is 1. The van der Waals surface area contributed by atoms with Gasteiger partial charge in [-0.2, -0.15) is 0 Å². The van der Waals surface area contributed by atoms with Crippen LogP contribution in [0.15, 0.2) is 16.5 Å². The zero-order chi connectivity index (χ0) is 11.9. The molecule has 0 fully saturated rings. The first kappa shape index (κ1) is 11.3. The molecule has 0 bridgehead atoms. The van der Waals surface area contributed by atoms with Gasteiger partial charge in [0.15, 0.2) is 11.3 Å². The maximum Gasteiger partial charge on any atom is 0.177 e. The van der Waals surface area contributed by atoms with Gasteiger partial charge in [0.1, 0.15) is 5.76 Å². The third kappa shape index (κ3) is 1.66. The van der Waals surface area contributed by atoms with E-state index >= 15 is 0 Å². The highest BCUT2D eigenvalue weighted by molar-refractivity contribution is 6.36. The molecule has 1 unspecified atom stereocenters. The van der Waals surface area contributed by atoms with Crippen LogP contribution in [0.1, 0.15) is 24.4 Å². The molecule has 1 aromatic carbocycles. The number of aryl methyl sites for hydroxylation is 1. The predicted octanol–water partition coefficient (Wildman–Crippen LogP) is 3.46. The van der Waals surface area contributed by atoms with Crippen LogP contribution in [0.2, 0.25) is 5.02 Å². The van der Waals surface area contributed by atoms with Gasteiger partial charge in [0, 0.05) is 10.9 Å². The van der Waals surface area contributed by atoms with Crippen molar-refractivity contribution in [2.75, 3.05) is 7.11 Å². The van der Waals surface area contributed by atoms with E-state index in [1.807, 2.05) is 13.0 Å². The maximum atomic E-state index is 9.62. The first-order valence-corrected chi connectivity index (χ1v) is 5.37. The number of rotatable bonds is 2. The Kier molecular flexibility index (Phi) is 2.82. The van der Waals surface area contributed by atoms with Gasteiger partial charge in [-0.15, -0.1) is 0 Å². The lowest BCUT2D eigenvalue weighted by Crippen LogP contribution is -1.94. The molecular weight excluding hydrogens is 228 g/mol. The number of furan rings is 1. The smallest absolute Gasteiger partial charge is 0.177 e. The van der Waals surface area contributed by atoms with E-state index < -0.39 is 6.10 Å². The highest BCUT2D eigenvalue weighted by atomic mass is 35.5. The molecule has 0 spiro atoms. The third-order valence-corrected chi connectivity index (χ3v) is 2.95. The summed E-state index contributed by atoms with van der Waals surface area (Å²) in [5.41, 5.74) is 1.27. The minimum Gasteiger partial charge on any atom is -0.493 e. The Morgan fingerprint density at radius 1 is 1.44 bits per heavy atom. The van der Waals surface area contributed by atoms with Crippen LogP contribution in [-0.2, 0) is 0 Å². The Morgan fingerprint density at radius 2 is 2.12 bits per heavy atom. The zero-order valence-corrected chi connectivity index (χ0v) is 10.1. The van der Waals surface area contributed by atoms with Gasteiger partial charge in [-0.05, 0) is 26.0 Å². The second-order valence-corrected chi connectivity index (χ2v) is 4.14. The van der Waals surface area contributed by atoms with Crippen molar-refractivity contribution in [1.29, 1.82) is 0 Å². The van der Waals surface area contributed by atoms with Gasteiger partial charge in [-0.25, -0.2) is 0 Å². The fourth-order valence-corrected chi connectivity index (χ4v) is 2.09. The molecule has 0 saturated carbocycles. The molecule has 2 rings (SSSR count). The van der Waals surface area contributed by atoms with E-state index in [0.29, 0.717) is 21.9 Å². The van der Waals surface area contributed by atoms with Crippen molar-refractivity contribution in [3.63, 3.8) is 0 Å². The highest BCUT2D eigenvalue weighted by Crippen LogP contribution is 2.38. The van der Waals surface area contributed by atoms with Crippen LogP contribution in [0.4, 0.5) is 0 Å². The Bertz CT molecular complexity index is 529. The summed E-state index contributed by atoms with van der Waals surface area (Å²) in [5, 5.41) is 10.9. The van der Waals surface area contributed by atoms with Crippen molar-refractivity contribution in [2.24, 2.45) is 0 Å². The summed E-state index contributed by atoms with van der Waals surface area (Å²) in [6, 6.07) is 3.55. The molecule has 0 saturated heterocycles. The number of fused-ring (bicyclic) bond motifs is 1. The Morgan fingerprint density at radius 3 is 2.69 bits per heavy atom. The van der Waals surface area contributed by atoms with Crippen LogP contribution in [0.5, 0.6) is 5.75 Å². The number of halogens is 1. The number of hydrogen-bond donors (Lipinski definition) is 1. The molecule has 0 radical (unpaired) electrons. The van der Waals surface area contributed by atoms with E-state index in [0.717, 1.165) is 11.1 Å². The quantitative estimate of drug-likeness (QED) is 0.874. The minimum absolute atomic E-state index is 0.516. The average molecular weight is 241 g/mol.